The second-order valence-corrected chi connectivity index (χ2v) is 2.62. The Labute approximate surface area is 64.2 Å². The van der Waals surface area contributed by atoms with E-state index in [-0.39, 0.29) is 12.8 Å². The zero-order valence-electron chi connectivity index (χ0n) is 5.91. The third kappa shape index (κ3) is 4.60. The molecule has 0 aliphatic carbocycles. The van der Waals surface area contributed by atoms with Crippen LogP contribution in [0, 0.1) is 0 Å². The highest BCUT2D eigenvalue weighted by Crippen LogP contribution is 2.09. The van der Waals surface area contributed by atoms with Gasteiger partial charge in [0.05, 0.1) is 0 Å². The molecule has 0 bridgehead atoms. The van der Waals surface area contributed by atoms with Crippen LogP contribution in [0.15, 0.2) is 0 Å². The average Bonchev–Trinajstić information content (AvgIpc) is 1.82. The van der Waals surface area contributed by atoms with Crippen LogP contribution in [0.25, 0.3) is 0 Å². The molecule has 0 aliphatic rings. The topological polar surface area (TPSA) is 92.5 Å². The SMILES string of the molecule is CSC(CCO)C(=O)O.N. The zero-order valence-corrected chi connectivity index (χ0v) is 6.73. The van der Waals surface area contributed by atoms with E-state index >= 15 is 0 Å². The first-order valence-electron chi connectivity index (χ1n) is 2.58. The number of hydrogen-bond acceptors (Lipinski definition) is 4. The lowest BCUT2D eigenvalue weighted by Crippen LogP contribution is -2.16. The van der Waals surface area contributed by atoms with Crippen LogP contribution in [0.5, 0.6) is 0 Å². The zero-order chi connectivity index (χ0) is 7.28. The van der Waals surface area contributed by atoms with E-state index in [1.807, 2.05) is 0 Å². The van der Waals surface area contributed by atoms with E-state index in [0.717, 1.165) is 0 Å². The molecule has 4 nitrogen and oxygen atoms in total. The molecular formula is C5H13NO3S. The van der Waals surface area contributed by atoms with E-state index < -0.39 is 11.2 Å². The van der Waals surface area contributed by atoms with Gasteiger partial charge in [0, 0.05) is 6.61 Å². The summed E-state index contributed by atoms with van der Waals surface area (Å²) in [6, 6.07) is 0. The van der Waals surface area contributed by atoms with Gasteiger partial charge in [-0.05, 0) is 12.7 Å². The molecule has 0 aromatic carbocycles. The molecule has 62 valence electrons. The fourth-order valence-electron chi connectivity index (χ4n) is 0.459. The van der Waals surface area contributed by atoms with Gasteiger partial charge in [-0.1, -0.05) is 0 Å². The summed E-state index contributed by atoms with van der Waals surface area (Å²) in [6.07, 6.45) is 2.05. The molecule has 0 radical (unpaired) electrons. The Kier molecular flexibility index (Phi) is 8.51. The number of aliphatic carboxylic acids is 1. The van der Waals surface area contributed by atoms with Gasteiger partial charge in [-0.2, -0.15) is 11.8 Å². The first-order valence-corrected chi connectivity index (χ1v) is 3.87. The van der Waals surface area contributed by atoms with Crippen molar-refractivity contribution in [2.24, 2.45) is 0 Å². The monoisotopic (exact) mass is 167 g/mol. The first kappa shape index (κ1) is 12.4. The third-order valence-electron chi connectivity index (χ3n) is 0.951. The van der Waals surface area contributed by atoms with Gasteiger partial charge >= 0.3 is 5.97 Å². The van der Waals surface area contributed by atoms with Gasteiger partial charge in [0.1, 0.15) is 5.25 Å². The van der Waals surface area contributed by atoms with Crippen LogP contribution >= 0.6 is 11.8 Å². The summed E-state index contributed by atoms with van der Waals surface area (Å²) >= 11 is 1.24. The summed E-state index contributed by atoms with van der Waals surface area (Å²) in [5.41, 5.74) is 0. The molecule has 10 heavy (non-hydrogen) atoms. The lowest BCUT2D eigenvalue weighted by atomic mass is 10.3. The molecule has 5 N–H and O–H groups in total. The van der Waals surface area contributed by atoms with Gasteiger partial charge in [-0.25, -0.2) is 0 Å². The molecule has 0 amide bonds. The van der Waals surface area contributed by atoms with Crippen molar-refractivity contribution in [3.05, 3.63) is 0 Å². The Bertz CT molecular complexity index is 98.9. The minimum atomic E-state index is -0.850. The smallest absolute Gasteiger partial charge is 0.316 e. The van der Waals surface area contributed by atoms with Crippen molar-refractivity contribution >= 4 is 17.7 Å². The highest BCUT2D eigenvalue weighted by molar-refractivity contribution is 7.99. The summed E-state index contributed by atoms with van der Waals surface area (Å²) in [4.78, 5) is 10.2. The Morgan fingerprint density at radius 1 is 1.70 bits per heavy atom. The second-order valence-electron chi connectivity index (χ2n) is 1.57. The molecular weight excluding hydrogens is 154 g/mol. The fourth-order valence-corrected chi connectivity index (χ4v) is 1.00. The van der Waals surface area contributed by atoms with Gasteiger partial charge in [0.25, 0.3) is 0 Å². The fraction of sp³-hybridized carbons (Fsp3) is 0.800. The van der Waals surface area contributed by atoms with Gasteiger partial charge < -0.3 is 16.4 Å². The average molecular weight is 167 g/mol. The molecule has 0 heterocycles. The molecule has 5 heteroatoms. The largest absolute Gasteiger partial charge is 0.480 e. The third-order valence-corrected chi connectivity index (χ3v) is 1.96. The molecule has 0 aromatic rings. The molecule has 0 saturated carbocycles. The Morgan fingerprint density at radius 3 is 2.30 bits per heavy atom. The quantitative estimate of drug-likeness (QED) is 0.561. The van der Waals surface area contributed by atoms with Gasteiger partial charge in [0.15, 0.2) is 0 Å². The highest BCUT2D eigenvalue weighted by atomic mass is 32.2. The van der Waals surface area contributed by atoms with E-state index in [1.165, 1.54) is 11.8 Å². The standard InChI is InChI=1S/C5H10O3S.H3N/c1-9-4(2-3-6)5(7)8;/h4,6H,2-3H2,1H3,(H,7,8);1H3. The number of rotatable bonds is 4. The van der Waals surface area contributed by atoms with E-state index in [0.29, 0.717) is 6.42 Å². The predicted octanol–water partition coefficient (Wildman–Crippen LogP) is 0.347. The summed E-state index contributed by atoms with van der Waals surface area (Å²) in [5.74, 6) is -0.850. The van der Waals surface area contributed by atoms with E-state index in [2.05, 4.69) is 0 Å². The molecule has 0 saturated heterocycles. The minimum Gasteiger partial charge on any atom is -0.480 e. The maximum Gasteiger partial charge on any atom is 0.316 e. The summed E-state index contributed by atoms with van der Waals surface area (Å²) in [5, 5.41) is 16.3. The van der Waals surface area contributed by atoms with Crippen molar-refractivity contribution in [2.45, 2.75) is 11.7 Å². The maximum atomic E-state index is 10.2. The summed E-state index contributed by atoms with van der Waals surface area (Å²) in [6.45, 7) is -0.0577. The summed E-state index contributed by atoms with van der Waals surface area (Å²) in [7, 11) is 0. The van der Waals surface area contributed by atoms with Crippen LogP contribution in [-0.2, 0) is 4.79 Å². The molecule has 0 fully saturated rings. The molecule has 0 aromatic heterocycles. The number of thioether (sulfide) groups is 1. The molecule has 0 aliphatic heterocycles. The van der Waals surface area contributed by atoms with Gasteiger partial charge in [0.2, 0.25) is 0 Å². The van der Waals surface area contributed by atoms with E-state index in [4.69, 9.17) is 10.2 Å². The van der Waals surface area contributed by atoms with E-state index in [9.17, 15) is 4.79 Å². The van der Waals surface area contributed by atoms with Crippen molar-refractivity contribution < 1.29 is 15.0 Å². The Balaban J connectivity index is 0. The lowest BCUT2D eigenvalue weighted by molar-refractivity contribution is -0.136. The normalized spacial score (nSPS) is 11.8. The van der Waals surface area contributed by atoms with Crippen molar-refractivity contribution in [1.82, 2.24) is 6.15 Å². The van der Waals surface area contributed by atoms with Gasteiger partial charge in [-0.3, -0.25) is 4.79 Å². The number of carboxylic acids is 1. The molecule has 0 rings (SSSR count). The van der Waals surface area contributed by atoms with Crippen LogP contribution in [0.3, 0.4) is 0 Å². The first-order chi connectivity index (χ1) is 4.22. The van der Waals surface area contributed by atoms with Crippen LogP contribution in [0.4, 0.5) is 0 Å². The number of carboxylic acid groups (broad SMARTS) is 1. The second kappa shape index (κ2) is 6.85. The van der Waals surface area contributed by atoms with E-state index in [1.54, 1.807) is 6.26 Å². The molecule has 0 spiro atoms. The van der Waals surface area contributed by atoms with Crippen LogP contribution < -0.4 is 6.15 Å². The predicted molar refractivity (Wildman–Crippen MR) is 41.7 cm³/mol. The van der Waals surface area contributed by atoms with Crippen LogP contribution in [-0.4, -0.2) is 34.3 Å². The minimum absolute atomic E-state index is 0. The number of aliphatic hydroxyl groups is 1. The number of carbonyl (C=O) groups is 1. The molecule has 1 atom stereocenters. The van der Waals surface area contributed by atoms with Crippen LogP contribution in [0.1, 0.15) is 6.42 Å². The Morgan fingerprint density at radius 2 is 2.20 bits per heavy atom. The lowest BCUT2D eigenvalue weighted by Gasteiger charge is -2.04. The van der Waals surface area contributed by atoms with Crippen molar-refractivity contribution in [1.29, 1.82) is 0 Å². The van der Waals surface area contributed by atoms with Crippen LogP contribution in [0.2, 0.25) is 0 Å². The number of aliphatic hydroxyl groups excluding tert-OH is 1. The van der Waals surface area contributed by atoms with Crippen molar-refractivity contribution in [2.75, 3.05) is 12.9 Å². The van der Waals surface area contributed by atoms with Crippen molar-refractivity contribution in [3.63, 3.8) is 0 Å². The molecule has 1 unspecified atom stereocenters. The van der Waals surface area contributed by atoms with Crippen molar-refractivity contribution in [3.8, 4) is 0 Å². The number of hydrogen-bond donors (Lipinski definition) is 3. The Hall–Kier alpha value is -0.260. The van der Waals surface area contributed by atoms with Gasteiger partial charge in [-0.15, -0.1) is 0 Å². The summed E-state index contributed by atoms with van der Waals surface area (Å²) < 4.78 is 0. The highest BCUT2D eigenvalue weighted by Gasteiger charge is 2.13. The maximum absolute atomic E-state index is 10.2.